The summed E-state index contributed by atoms with van der Waals surface area (Å²) in [5.41, 5.74) is 6.69. The summed E-state index contributed by atoms with van der Waals surface area (Å²) in [6, 6.07) is 7.53. The van der Waals surface area contributed by atoms with Crippen LogP contribution >= 0.6 is 0 Å². The number of nitriles is 1. The molecule has 2 N–H and O–H groups in total. The first-order valence-electron chi connectivity index (χ1n) is 7.83. The minimum atomic E-state index is -0.735. The van der Waals surface area contributed by atoms with Gasteiger partial charge in [-0.05, 0) is 18.2 Å². The molecule has 0 saturated carbocycles. The highest BCUT2D eigenvalue weighted by molar-refractivity contribution is 5.70. The van der Waals surface area contributed by atoms with Gasteiger partial charge in [-0.1, -0.05) is 0 Å². The zero-order valence-corrected chi connectivity index (χ0v) is 13.3. The van der Waals surface area contributed by atoms with Crippen LogP contribution in [0.25, 0.3) is 0 Å². The molecule has 1 heterocycles. The Balaban J connectivity index is 1.66. The minimum absolute atomic E-state index is 0.0174. The highest BCUT2D eigenvalue weighted by Gasteiger charge is 2.24. The lowest BCUT2D eigenvalue weighted by molar-refractivity contribution is 0.163. The zero-order valence-electron chi connectivity index (χ0n) is 13.3. The van der Waals surface area contributed by atoms with Gasteiger partial charge in [0, 0.05) is 38.1 Å². The molecule has 25 heavy (non-hydrogen) atoms. The van der Waals surface area contributed by atoms with Gasteiger partial charge in [0.1, 0.15) is 23.8 Å². The topological polar surface area (TPSA) is 62.3 Å². The fraction of sp³-hybridized carbons (Fsp3) is 0.278. The van der Waals surface area contributed by atoms with Gasteiger partial charge in [-0.2, -0.15) is 5.26 Å². The maximum absolute atomic E-state index is 13.8. The van der Waals surface area contributed by atoms with E-state index in [0.717, 1.165) is 12.1 Å². The zero-order chi connectivity index (χ0) is 18.0. The maximum atomic E-state index is 13.8. The number of halogens is 3. The Morgan fingerprint density at radius 1 is 1.08 bits per heavy atom. The molecule has 0 aromatic heterocycles. The first-order valence-corrected chi connectivity index (χ1v) is 7.83. The summed E-state index contributed by atoms with van der Waals surface area (Å²) >= 11 is 0. The largest absolute Gasteiger partial charge is 0.487 e. The van der Waals surface area contributed by atoms with Gasteiger partial charge in [-0.25, -0.2) is 13.2 Å². The molecule has 130 valence electrons. The van der Waals surface area contributed by atoms with Crippen LogP contribution in [0.2, 0.25) is 0 Å². The van der Waals surface area contributed by atoms with E-state index < -0.39 is 17.5 Å². The molecule has 3 rings (SSSR count). The molecule has 0 atom stereocenters. The van der Waals surface area contributed by atoms with Crippen molar-refractivity contribution in [2.75, 3.05) is 23.7 Å². The molecule has 1 aliphatic rings. The second kappa shape index (κ2) is 6.93. The van der Waals surface area contributed by atoms with Gasteiger partial charge in [0.05, 0.1) is 16.9 Å². The third-order valence-electron chi connectivity index (χ3n) is 4.21. The van der Waals surface area contributed by atoms with Crippen molar-refractivity contribution in [2.45, 2.75) is 18.9 Å². The van der Waals surface area contributed by atoms with E-state index >= 15 is 0 Å². The van der Waals surface area contributed by atoms with Crippen molar-refractivity contribution in [3.05, 3.63) is 53.3 Å². The van der Waals surface area contributed by atoms with E-state index in [-0.39, 0.29) is 17.4 Å². The quantitative estimate of drug-likeness (QED) is 0.862. The summed E-state index contributed by atoms with van der Waals surface area (Å²) in [7, 11) is 0. The Morgan fingerprint density at radius 2 is 1.80 bits per heavy atom. The first-order chi connectivity index (χ1) is 12.0. The molecule has 0 amide bonds. The van der Waals surface area contributed by atoms with Crippen LogP contribution in [0.3, 0.4) is 0 Å². The third-order valence-corrected chi connectivity index (χ3v) is 4.21. The van der Waals surface area contributed by atoms with Crippen LogP contribution in [0.4, 0.5) is 24.5 Å². The third kappa shape index (κ3) is 3.63. The number of piperidine rings is 1. The summed E-state index contributed by atoms with van der Waals surface area (Å²) < 4.78 is 46.0. The highest BCUT2D eigenvalue weighted by atomic mass is 19.1. The van der Waals surface area contributed by atoms with Crippen molar-refractivity contribution in [2.24, 2.45) is 0 Å². The number of rotatable bonds is 3. The number of hydrogen-bond acceptors (Lipinski definition) is 4. The smallest absolute Gasteiger partial charge is 0.167 e. The molecule has 0 bridgehead atoms. The Hall–Kier alpha value is -2.88. The predicted octanol–water partition coefficient (Wildman–Crippen LogP) is 3.61. The lowest BCUT2D eigenvalue weighted by atomic mass is 10.1. The Kier molecular flexibility index (Phi) is 4.70. The summed E-state index contributed by atoms with van der Waals surface area (Å²) in [4.78, 5) is 1.90. The molecule has 1 saturated heterocycles. The van der Waals surface area contributed by atoms with Crippen LogP contribution in [0.5, 0.6) is 5.75 Å². The molecule has 1 aliphatic heterocycles. The molecular formula is C18H16F3N3O. The van der Waals surface area contributed by atoms with Crippen LogP contribution in [0, 0.1) is 28.8 Å². The molecule has 7 heteroatoms. The number of ether oxygens (including phenoxy) is 1. The number of anilines is 2. The van der Waals surface area contributed by atoms with Gasteiger partial charge in [-0.15, -0.1) is 0 Å². The van der Waals surface area contributed by atoms with Crippen molar-refractivity contribution < 1.29 is 17.9 Å². The van der Waals surface area contributed by atoms with Crippen LogP contribution in [0.1, 0.15) is 18.4 Å². The molecule has 0 aliphatic carbocycles. The van der Waals surface area contributed by atoms with Crippen molar-refractivity contribution in [3.8, 4) is 11.8 Å². The summed E-state index contributed by atoms with van der Waals surface area (Å²) in [5.74, 6) is -1.99. The van der Waals surface area contributed by atoms with Gasteiger partial charge in [0.2, 0.25) is 0 Å². The van der Waals surface area contributed by atoms with E-state index in [4.69, 9.17) is 15.7 Å². The fourth-order valence-corrected chi connectivity index (χ4v) is 2.90. The molecule has 0 unspecified atom stereocenters. The number of nitrogens with zero attached hydrogens (tertiary/aromatic N) is 2. The molecule has 4 nitrogen and oxygen atoms in total. The Morgan fingerprint density at radius 3 is 2.44 bits per heavy atom. The monoisotopic (exact) mass is 347 g/mol. The summed E-state index contributed by atoms with van der Waals surface area (Å²) in [5, 5.41) is 8.83. The van der Waals surface area contributed by atoms with E-state index in [2.05, 4.69) is 0 Å². The van der Waals surface area contributed by atoms with Crippen LogP contribution < -0.4 is 15.4 Å². The fourth-order valence-electron chi connectivity index (χ4n) is 2.90. The second-order valence-corrected chi connectivity index (χ2v) is 5.88. The molecule has 0 radical (unpaired) electrons. The SMILES string of the molecule is N#Cc1cc(N)c(N2CCC(Oc3ccc(F)cc3F)CC2)cc1F. The summed E-state index contributed by atoms with van der Waals surface area (Å²) in [6.07, 6.45) is 0.941. The van der Waals surface area contributed by atoms with Gasteiger partial charge >= 0.3 is 0 Å². The van der Waals surface area contributed by atoms with Crippen molar-refractivity contribution in [1.29, 1.82) is 5.26 Å². The van der Waals surface area contributed by atoms with Crippen molar-refractivity contribution in [3.63, 3.8) is 0 Å². The Bertz CT molecular complexity index is 827. The number of benzene rings is 2. The average molecular weight is 347 g/mol. The van der Waals surface area contributed by atoms with Crippen LogP contribution in [0.15, 0.2) is 30.3 Å². The van der Waals surface area contributed by atoms with Gasteiger partial charge < -0.3 is 15.4 Å². The highest BCUT2D eigenvalue weighted by Crippen LogP contribution is 2.30. The normalized spacial score (nSPS) is 15.0. The standard InChI is InChI=1S/C18H16F3N3O/c19-12-1-2-18(15(21)8-12)25-13-3-5-24(6-4-13)17-9-14(20)11(10-22)7-16(17)23/h1-2,7-9,13H,3-6,23H2. The molecule has 2 aromatic carbocycles. The van der Waals surface area contributed by atoms with E-state index in [1.54, 1.807) is 6.07 Å². The number of nitrogens with two attached hydrogens (primary N) is 1. The van der Waals surface area contributed by atoms with E-state index in [0.29, 0.717) is 37.3 Å². The Labute approximate surface area is 143 Å². The molecular weight excluding hydrogens is 331 g/mol. The molecule has 1 fully saturated rings. The van der Waals surface area contributed by atoms with E-state index in [1.165, 1.54) is 18.2 Å². The van der Waals surface area contributed by atoms with Crippen LogP contribution in [-0.4, -0.2) is 19.2 Å². The van der Waals surface area contributed by atoms with Gasteiger partial charge in [0.25, 0.3) is 0 Å². The van der Waals surface area contributed by atoms with E-state index in [1.807, 2.05) is 4.90 Å². The number of hydrogen-bond donors (Lipinski definition) is 1. The van der Waals surface area contributed by atoms with Gasteiger partial charge in [-0.3, -0.25) is 0 Å². The average Bonchev–Trinajstić information content (AvgIpc) is 2.60. The summed E-state index contributed by atoms with van der Waals surface area (Å²) in [6.45, 7) is 1.09. The predicted molar refractivity (Wildman–Crippen MR) is 87.7 cm³/mol. The minimum Gasteiger partial charge on any atom is -0.487 e. The van der Waals surface area contributed by atoms with Crippen molar-refractivity contribution in [1.82, 2.24) is 0 Å². The molecule has 0 spiro atoms. The van der Waals surface area contributed by atoms with Gasteiger partial charge in [0.15, 0.2) is 11.6 Å². The molecule has 2 aromatic rings. The number of nitrogen functional groups attached to an aromatic ring is 1. The lowest BCUT2D eigenvalue weighted by Gasteiger charge is -2.34. The van der Waals surface area contributed by atoms with E-state index in [9.17, 15) is 13.2 Å². The first kappa shape index (κ1) is 17.0. The van der Waals surface area contributed by atoms with Crippen molar-refractivity contribution >= 4 is 11.4 Å². The van der Waals surface area contributed by atoms with Crippen LogP contribution in [-0.2, 0) is 0 Å². The second-order valence-electron chi connectivity index (χ2n) is 5.88. The maximum Gasteiger partial charge on any atom is 0.167 e. The lowest BCUT2D eigenvalue weighted by Crippen LogP contribution is -2.38.